The van der Waals surface area contributed by atoms with Crippen LogP contribution in [0.15, 0.2) is 18.2 Å². The van der Waals surface area contributed by atoms with Crippen LogP contribution in [0.4, 0.5) is 5.69 Å². The summed E-state index contributed by atoms with van der Waals surface area (Å²) in [6.07, 6.45) is 2.91. The lowest BCUT2D eigenvalue weighted by Crippen LogP contribution is -2.42. The first-order valence-electron chi connectivity index (χ1n) is 7.08. The van der Waals surface area contributed by atoms with Gasteiger partial charge in [-0.1, -0.05) is 31.0 Å². The van der Waals surface area contributed by atoms with Gasteiger partial charge < -0.3 is 15.2 Å². The van der Waals surface area contributed by atoms with Crippen molar-refractivity contribution in [2.24, 2.45) is 11.8 Å². The molecule has 0 aromatic heterocycles. The number of carboxylic acids is 1. The van der Waals surface area contributed by atoms with Crippen molar-refractivity contribution in [2.75, 3.05) is 5.32 Å². The van der Waals surface area contributed by atoms with Crippen molar-refractivity contribution >= 4 is 17.6 Å². The van der Waals surface area contributed by atoms with Gasteiger partial charge in [-0.2, -0.15) is 0 Å². The van der Waals surface area contributed by atoms with Gasteiger partial charge in [0.1, 0.15) is 0 Å². The summed E-state index contributed by atoms with van der Waals surface area (Å²) in [6, 6.07) is 5.80. The Bertz CT molecular complexity index is 504. The molecule has 1 aromatic carbocycles. The zero-order valence-corrected chi connectivity index (χ0v) is 11.9. The normalized spacial score (nSPS) is 22.3. The van der Waals surface area contributed by atoms with E-state index in [-0.39, 0.29) is 5.91 Å². The van der Waals surface area contributed by atoms with Crippen LogP contribution in [0, 0.1) is 25.7 Å². The molecule has 0 spiro atoms. The SMILES string of the molecule is Cc1cccc(C)c1NC(=O)[C@@H]1CCCC[C@H]1C(=O)[O-]. The van der Waals surface area contributed by atoms with Crippen molar-refractivity contribution in [2.45, 2.75) is 39.5 Å². The van der Waals surface area contributed by atoms with Crippen molar-refractivity contribution in [3.05, 3.63) is 29.3 Å². The number of amides is 1. The van der Waals surface area contributed by atoms with E-state index in [0.29, 0.717) is 12.8 Å². The number of aryl methyl sites for hydroxylation is 2. The zero-order valence-electron chi connectivity index (χ0n) is 11.9. The first-order chi connectivity index (χ1) is 9.50. The summed E-state index contributed by atoms with van der Waals surface area (Å²) >= 11 is 0. The third-order valence-corrected chi connectivity index (χ3v) is 4.13. The average molecular weight is 274 g/mol. The summed E-state index contributed by atoms with van der Waals surface area (Å²) in [6.45, 7) is 3.86. The molecular weight excluding hydrogens is 254 g/mol. The zero-order chi connectivity index (χ0) is 14.7. The number of hydrogen-bond donors (Lipinski definition) is 1. The predicted octanol–water partition coefficient (Wildman–Crippen LogP) is 1.80. The van der Waals surface area contributed by atoms with Crippen LogP contribution in [0.5, 0.6) is 0 Å². The van der Waals surface area contributed by atoms with Crippen LogP contribution in [0.3, 0.4) is 0 Å². The molecule has 0 bridgehead atoms. The second-order valence-electron chi connectivity index (χ2n) is 5.57. The average Bonchev–Trinajstić information content (AvgIpc) is 2.43. The van der Waals surface area contributed by atoms with E-state index >= 15 is 0 Å². The number of carbonyl (C=O) groups excluding carboxylic acids is 2. The van der Waals surface area contributed by atoms with Crippen molar-refractivity contribution in [3.63, 3.8) is 0 Å². The summed E-state index contributed by atoms with van der Waals surface area (Å²) in [7, 11) is 0. The van der Waals surface area contributed by atoms with Crippen molar-refractivity contribution in [1.82, 2.24) is 0 Å². The number of para-hydroxylation sites is 1. The molecule has 1 aliphatic rings. The Kier molecular flexibility index (Phi) is 4.42. The Morgan fingerprint density at radius 2 is 1.65 bits per heavy atom. The fourth-order valence-electron chi connectivity index (χ4n) is 2.95. The van der Waals surface area contributed by atoms with E-state index in [1.807, 2.05) is 32.0 Å². The topological polar surface area (TPSA) is 69.2 Å². The van der Waals surface area contributed by atoms with E-state index in [1.165, 1.54) is 0 Å². The molecule has 2 rings (SSSR count). The maximum atomic E-state index is 12.4. The van der Waals surface area contributed by atoms with Gasteiger partial charge in [-0.3, -0.25) is 4.79 Å². The number of aliphatic carboxylic acids is 1. The molecule has 1 aliphatic carbocycles. The molecule has 0 unspecified atom stereocenters. The number of hydrogen-bond acceptors (Lipinski definition) is 3. The molecule has 0 aliphatic heterocycles. The molecule has 4 nitrogen and oxygen atoms in total. The molecule has 2 atom stereocenters. The maximum Gasteiger partial charge on any atom is 0.228 e. The van der Waals surface area contributed by atoms with Gasteiger partial charge >= 0.3 is 0 Å². The van der Waals surface area contributed by atoms with E-state index in [1.54, 1.807) is 0 Å². The molecule has 1 amide bonds. The highest BCUT2D eigenvalue weighted by molar-refractivity contribution is 5.96. The first kappa shape index (κ1) is 14.6. The summed E-state index contributed by atoms with van der Waals surface area (Å²) < 4.78 is 0. The first-order valence-corrected chi connectivity index (χ1v) is 7.08. The van der Waals surface area contributed by atoms with Gasteiger partial charge in [-0.05, 0) is 37.8 Å². The third-order valence-electron chi connectivity index (χ3n) is 4.13. The van der Waals surface area contributed by atoms with Crippen molar-refractivity contribution in [3.8, 4) is 0 Å². The lowest BCUT2D eigenvalue weighted by molar-refractivity contribution is -0.313. The Morgan fingerprint density at radius 1 is 1.10 bits per heavy atom. The third kappa shape index (κ3) is 3.00. The monoisotopic (exact) mass is 274 g/mol. The van der Waals surface area contributed by atoms with Crippen LogP contribution in [0.25, 0.3) is 0 Å². The molecule has 4 heteroatoms. The molecule has 0 heterocycles. The molecule has 1 fully saturated rings. The van der Waals surface area contributed by atoms with E-state index < -0.39 is 17.8 Å². The number of carboxylic acid groups (broad SMARTS) is 1. The molecule has 1 aromatic rings. The molecule has 108 valence electrons. The Labute approximate surface area is 119 Å². The summed E-state index contributed by atoms with van der Waals surface area (Å²) in [5, 5.41) is 14.1. The predicted molar refractivity (Wildman–Crippen MR) is 75.0 cm³/mol. The van der Waals surface area contributed by atoms with Crippen LogP contribution < -0.4 is 10.4 Å². The lowest BCUT2D eigenvalue weighted by Gasteiger charge is -2.31. The van der Waals surface area contributed by atoms with Gasteiger partial charge in [0.05, 0.1) is 0 Å². The lowest BCUT2D eigenvalue weighted by atomic mass is 9.78. The quantitative estimate of drug-likeness (QED) is 0.913. The Morgan fingerprint density at radius 3 is 2.20 bits per heavy atom. The summed E-state index contributed by atoms with van der Waals surface area (Å²) in [4.78, 5) is 23.5. The second-order valence-corrected chi connectivity index (χ2v) is 5.57. The van der Waals surface area contributed by atoms with Crippen LogP contribution in [0.2, 0.25) is 0 Å². The summed E-state index contributed by atoms with van der Waals surface area (Å²) in [5.74, 6) is -2.44. The fraction of sp³-hybridized carbons (Fsp3) is 0.500. The van der Waals surface area contributed by atoms with Crippen LogP contribution in [-0.2, 0) is 9.59 Å². The van der Waals surface area contributed by atoms with Gasteiger partial charge in [-0.15, -0.1) is 0 Å². The maximum absolute atomic E-state index is 12.4. The van der Waals surface area contributed by atoms with Crippen LogP contribution in [0.1, 0.15) is 36.8 Å². The number of benzene rings is 1. The van der Waals surface area contributed by atoms with E-state index in [4.69, 9.17) is 0 Å². The van der Waals surface area contributed by atoms with Crippen LogP contribution >= 0.6 is 0 Å². The highest BCUT2D eigenvalue weighted by Gasteiger charge is 2.32. The van der Waals surface area contributed by atoms with E-state index in [9.17, 15) is 14.7 Å². The van der Waals surface area contributed by atoms with Gasteiger partial charge in [0, 0.05) is 23.5 Å². The molecule has 1 saturated carbocycles. The fourth-order valence-corrected chi connectivity index (χ4v) is 2.95. The van der Waals surface area contributed by atoms with E-state index in [2.05, 4.69) is 5.32 Å². The Balaban J connectivity index is 2.16. The largest absolute Gasteiger partial charge is 0.550 e. The minimum absolute atomic E-state index is 0.198. The molecule has 1 N–H and O–H groups in total. The van der Waals surface area contributed by atoms with Gasteiger partial charge in [-0.25, -0.2) is 0 Å². The smallest absolute Gasteiger partial charge is 0.228 e. The number of carbonyl (C=O) groups is 2. The minimum atomic E-state index is -1.11. The second kappa shape index (κ2) is 6.07. The van der Waals surface area contributed by atoms with Gasteiger partial charge in [0.15, 0.2) is 0 Å². The molecule has 0 radical (unpaired) electrons. The van der Waals surface area contributed by atoms with Crippen LogP contribution in [-0.4, -0.2) is 11.9 Å². The minimum Gasteiger partial charge on any atom is -0.550 e. The van der Waals surface area contributed by atoms with Gasteiger partial charge in [0.2, 0.25) is 5.91 Å². The van der Waals surface area contributed by atoms with Crippen molar-refractivity contribution < 1.29 is 14.7 Å². The Hall–Kier alpha value is -1.84. The van der Waals surface area contributed by atoms with Crippen molar-refractivity contribution in [1.29, 1.82) is 0 Å². The number of rotatable bonds is 3. The standard InChI is InChI=1S/C16H21NO3/c1-10-6-5-7-11(2)14(10)17-15(18)12-8-3-4-9-13(12)16(19)20/h5-7,12-13H,3-4,8-9H2,1-2H3,(H,17,18)(H,19,20)/p-1/t12-,13-/m1/s1. The highest BCUT2D eigenvalue weighted by Crippen LogP contribution is 2.31. The summed E-state index contributed by atoms with van der Waals surface area (Å²) in [5.41, 5.74) is 2.76. The number of nitrogens with one attached hydrogen (secondary N) is 1. The molecular formula is C16H20NO3-. The highest BCUT2D eigenvalue weighted by atomic mass is 16.4. The van der Waals surface area contributed by atoms with Gasteiger partial charge in [0.25, 0.3) is 0 Å². The molecule has 0 saturated heterocycles. The molecule has 20 heavy (non-hydrogen) atoms. The number of anilines is 1. The van der Waals surface area contributed by atoms with E-state index in [0.717, 1.165) is 29.7 Å².